The number of nitrogens with zero attached hydrogens (tertiary/aromatic N) is 6. The largest absolute Gasteiger partial charge is 0.299 e. The summed E-state index contributed by atoms with van der Waals surface area (Å²) >= 11 is 0. The molecule has 1 aliphatic heterocycles. The Hall–Kier alpha value is -2.54. The van der Waals surface area contributed by atoms with Gasteiger partial charge in [0.1, 0.15) is 5.39 Å². The minimum absolute atomic E-state index is 0.157. The van der Waals surface area contributed by atoms with Gasteiger partial charge in [-0.25, -0.2) is 9.36 Å². The molecular weight excluding hydrogens is 316 g/mol. The van der Waals surface area contributed by atoms with Crippen LogP contribution in [0.4, 0.5) is 0 Å². The highest BCUT2D eigenvalue weighted by molar-refractivity contribution is 5.72. The van der Waals surface area contributed by atoms with Gasteiger partial charge >= 0.3 is 0 Å². The minimum atomic E-state index is -0.157. The Morgan fingerprint density at radius 3 is 2.40 bits per heavy atom. The van der Waals surface area contributed by atoms with Gasteiger partial charge in [0, 0.05) is 13.6 Å². The maximum Gasteiger partial charge on any atom is 0.281 e. The zero-order valence-corrected chi connectivity index (χ0v) is 14.4. The standard InChI is InChI=1S/C18H22N6O/c1-22-17-16(11-19-22)18(25)24(21-20-17)13-15-7-5-14(6-8-15)12-23-9-3-2-4-10-23/h5-8,11H,2-4,9-10,12-13H2,1H3. The van der Waals surface area contributed by atoms with Crippen molar-refractivity contribution >= 4 is 11.0 Å². The van der Waals surface area contributed by atoms with E-state index in [-0.39, 0.29) is 5.56 Å². The van der Waals surface area contributed by atoms with Crippen molar-refractivity contribution in [3.05, 3.63) is 51.9 Å². The molecule has 1 aromatic carbocycles. The van der Waals surface area contributed by atoms with Crippen LogP contribution < -0.4 is 5.56 Å². The van der Waals surface area contributed by atoms with Gasteiger partial charge in [0.05, 0.1) is 12.7 Å². The molecule has 0 saturated carbocycles. The van der Waals surface area contributed by atoms with E-state index in [1.807, 2.05) is 0 Å². The van der Waals surface area contributed by atoms with Crippen molar-refractivity contribution in [1.29, 1.82) is 0 Å². The third-order valence-corrected chi connectivity index (χ3v) is 4.83. The van der Waals surface area contributed by atoms with Gasteiger partial charge in [-0.15, -0.1) is 5.10 Å². The summed E-state index contributed by atoms with van der Waals surface area (Å²) in [5.41, 5.74) is 2.71. The van der Waals surface area contributed by atoms with Crippen LogP contribution in [0.3, 0.4) is 0 Å². The van der Waals surface area contributed by atoms with Crippen LogP contribution in [0.15, 0.2) is 35.3 Å². The zero-order valence-electron chi connectivity index (χ0n) is 14.4. The number of aryl methyl sites for hydroxylation is 1. The van der Waals surface area contributed by atoms with E-state index in [0.29, 0.717) is 17.6 Å². The first-order valence-corrected chi connectivity index (χ1v) is 8.76. The normalized spacial score (nSPS) is 15.7. The lowest BCUT2D eigenvalue weighted by Gasteiger charge is -2.26. The van der Waals surface area contributed by atoms with Gasteiger partial charge in [0.15, 0.2) is 5.65 Å². The van der Waals surface area contributed by atoms with Crippen LogP contribution in [0.25, 0.3) is 11.0 Å². The molecule has 0 aliphatic carbocycles. The van der Waals surface area contributed by atoms with Crippen LogP contribution >= 0.6 is 0 Å². The number of hydrogen-bond acceptors (Lipinski definition) is 5. The number of benzene rings is 1. The summed E-state index contributed by atoms with van der Waals surface area (Å²) in [4.78, 5) is 15.0. The molecule has 1 aliphatic rings. The molecule has 7 heteroatoms. The summed E-state index contributed by atoms with van der Waals surface area (Å²) in [6, 6.07) is 8.43. The second-order valence-corrected chi connectivity index (χ2v) is 6.71. The van der Waals surface area contributed by atoms with Crippen LogP contribution in [-0.4, -0.2) is 42.8 Å². The Morgan fingerprint density at radius 2 is 1.68 bits per heavy atom. The van der Waals surface area contributed by atoms with E-state index in [4.69, 9.17) is 0 Å². The number of rotatable bonds is 4. The first-order chi connectivity index (χ1) is 12.2. The Morgan fingerprint density at radius 1 is 1.00 bits per heavy atom. The van der Waals surface area contributed by atoms with Crippen molar-refractivity contribution in [3.63, 3.8) is 0 Å². The molecule has 0 spiro atoms. The average molecular weight is 338 g/mol. The van der Waals surface area contributed by atoms with Crippen molar-refractivity contribution in [2.75, 3.05) is 13.1 Å². The Labute approximate surface area is 145 Å². The first-order valence-electron chi connectivity index (χ1n) is 8.76. The molecule has 3 heterocycles. The van der Waals surface area contributed by atoms with E-state index >= 15 is 0 Å². The summed E-state index contributed by atoms with van der Waals surface area (Å²) in [5.74, 6) is 0. The van der Waals surface area contributed by atoms with Crippen molar-refractivity contribution in [2.24, 2.45) is 7.05 Å². The summed E-state index contributed by atoms with van der Waals surface area (Å²) in [5, 5.41) is 12.7. The number of hydrogen-bond donors (Lipinski definition) is 0. The van der Waals surface area contributed by atoms with E-state index in [9.17, 15) is 4.79 Å². The fourth-order valence-corrected chi connectivity index (χ4v) is 3.38. The highest BCUT2D eigenvalue weighted by Crippen LogP contribution is 2.14. The monoisotopic (exact) mass is 338 g/mol. The van der Waals surface area contributed by atoms with Gasteiger partial charge in [-0.05, 0) is 37.1 Å². The fourth-order valence-electron chi connectivity index (χ4n) is 3.38. The smallest absolute Gasteiger partial charge is 0.281 e. The molecule has 25 heavy (non-hydrogen) atoms. The maximum absolute atomic E-state index is 12.5. The van der Waals surface area contributed by atoms with Gasteiger partial charge in [-0.2, -0.15) is 5.10 Å². The first kappa shape index (κ1) is 16.0. The molecule has 130 valence electrons. The predicted octanol–water partition coefficient (Wildman–Crippen LogP) is 1.56. The third kappa shape index (κ3) is 3.32. The van der Waals surface area contributed by atoms with Gasteiger partial charge in [0.2, 0.25) is 0 Å². The van der Waals surface area contributed by atoms with Crippen molar-refractivity contribution < 1.29 is 0 Å². The lowest BCUT2D eigenvalue weighted by molar-refractivity contribution is 0.221. The fraction of sp³-hybridized carbons (Fsp3) is 0.444. The minimum Gasteiger partial charge on any atom is -0.299 e. The van der Waals surface area contributed by atoms with E-state index in [2.05, 4.69) is 44.6 Å². The predicted molar refractivity (Wildman–Crippen MR) is 95.2 cm³/mol. The molecule has 3 aromatic rings. The summed E-state index contributed by atoms with van der Waals surface area (Å²) in [6.07, 6.45) is 5.50. The van der Waals surface area contributed by atoms with E-state index in [1.54, 1.807) is 17.9 Å². The molecule has 0 atom stereocenters. The molecule has 7 nitrogen and oxygen atoms in total. The van der Waals surface area contributed by atoms with Crippen molar-refractivity contribution in [2.45, 2.75) is 32.4 Å². The van der Waals surface area contributed by atoms with Crippen LogP contribution in [0.2, 0.25) is 0 Å². The van der Waals surface area contributed by atoms with Crippen molar-refractivity contribution in [3.8, 4) is 0 Å². The molecular formula is C18H22N6O. The van der Waals surface area contributed by atoms with Gasteiger partial charge in [0.25, 0.3) is 5.56 Å². The van der Waals surface area contributed by atoms with E-state index in [0.717, 1.165) is 12.1 Å². The molecule has 0 unspecified atom stereocenters. The maximum atomic E-state index is 12.5. The molecule has 4 rings (SSSR count). The lowest BCUT2D eigenvalue weighted by atomic mass is 10.1. The van der Waals surface area contributed by atoms with Gasteiger partial charge < -0.3 is 0 Å². The number of fused-ring (bicyclic) bond motifs is 1. The molecule has 1 fully saturated rings. The van der Waals surface area contributed by atoms with Crippen LogP contribution in [0.1, 0.15) is 30.4 Å². The Balaban J connectivity index is 1.49. The molecule has 0 N–H and O–H groups in total. The summed E-state index contributed by atoms with van der Waals surface area (Å²) in [6.45, 7) is 3.80. The number of aromatic nitrogens is 5. The quantitative estimate of drug-likeness (QED) is 0.722. The molecule has 1 saturated heterocycles. The van der Waals surface area contributed by atoms with E-state index < -0.39 is 0 Å². The summed E-state index contributed by atoms with van der Waals surface area (Å²) < 4.78 is 2.95. The Kier molecular flexibility index (Phi) is 4.31. The molecule has 0 amide bonds. The zero-order chi connectivity index (χ0) is 17.2. The Bertz CT molecular complexity index is 921. The molecule has 2 aromatic heterocycles. The molecule has 0 bridgehead atoms. The van der Waals surface area contributed by atoms with Crippen LogP contribution in [0.5, 0.6) is 0 Å². The SMILES string of the molecule is Cn1ncc2c(=O)n(Cc3ccc(CN4CCCCC4)cc3)nnc21. The van der Waals surface area contributed by atoms with Gasteiger partial charge in [-0.3, -0.25) is 9.69 Å². The van der Waals surface area contributed by atoms with Crippen LogP contribution in [0, 0.1) is 0 Å². The van der Waals surface area contributed by atoms with Gasteiger partial charge in [-0.1, -0.05) is 35.9 Å². The topological polar surface area (TPSA) is 68.8 Å². The highest BCUT2D eigenvalue weighted by atomic mass is 16.1. The number of likely N-dealkylation sites (tertiary alicyclic amines) is 1. The lowest BCUT2D eigenvalue weighted by Crippen LogP contribution is -2.29. The van der Waals surface area contributed by atoms with Crippen LogP contribution in [-0.2, 0) is 20.1 Å². The molecule has 0 radical (unpaired) electrons. The van der Waals surface area contributed by atoms with Crippen molar-refractivity contribution in [1.82, 2.24) is 29.7 Å². The second-order valence-electron chi connectivity index (χ2n) is 6.71. The highest BCUT2D eigenvalue weighted by Gasteiger charge is 2.11. The third-order valence-electron chi connectivity index (χ3n) is 4.83. The van der Waals surface area contributed by atoms with E-state index in [1.165, 1.54) is 42.6 Å². The number of piperidine rings is 1. The second kappa shape index (κ2) is 6.76. The summed E-state index contributed by atoms with van der Waals surface area (Å²) in [7, 11) is 1.75. The average Bonchev–Trinajstić information content (AvgIpc) is 3.02.